The summed E-state index contributed by atoms with van der Waals surface area (Å²) in [5, 5.41) is 4.34. The Kier molecular flexibility index (Phi) is 4.65. The van der Waals surface area contributed by atoms with Gasteiger partial charge in [0, 0.05) is 47.0 Å². The van der Waals surface area contributed by atoms with E-state index in [1.54, 1.807) is 0 Å². The van der Waals surface area contributed by atoms with Crippen LogP contribution in [-0.2, 0) is 12.8 Å². The first-order valence-corrected chi connectivity index (χ1v) is 9.64. The smallest absolute Gasteiger partial charge is 0.161 e. The van der Waals surface area contributed by atoms with Gasteiger partial charge < -0.3 is 10.2 Å². The summed E-state index contributed by atoms with van der Waals surface area (Å²) in [6.45, 7) is 6.47. The van der Waals surface area contributed by atoms with E-state index in [0.717, 1.165) is 48.2 Å². The van der Waals surface area contributed by atoms with Gasteiger partial charge in [0.2, 0.25) is 0 Å². The van der Waals surface area contributed by atoms with Gasteiger partial charge in [0.05, 0.1) is 0 Å². The first kappa shape index (κ1) is 16.8. The monoisotopic (exact) mass is 356 g/mol. The molecular formula is C20H25ClN4. The normalized spacial score (nSPS) is 23.4. The molecule has 5 heteroatoms. The van der Waals surface area contributed by atoms with Crippen LogP contribution in [0, 0.1) is 0 Å². The molecule has 0 saturated carbocycles. The molecule has 4 nitrogen and oxygen atoms in total. The predicted molar refractivity (Wildman–Crippen MR) is 103 cm³/mol. The predicted octanol–water partition coefficient (Wildman–Crippen LogP) is 3.86. The number of rotatable bonds is 2. The van der Waals surface area contributed by atoms with Crippen LogP contribution in [-0.4, -0.2) is 35.1 Å². The molecule has 25 heavy (non-hydrogen) atoms. The number of nitrogens with one attached hydrogen (secondary N) is 1. The van der Waals surface area contributed by atoms with Crippen molar-refractivity contribution in [2.24, 2.45) is 0 Å². The fourth-order valence-electron chi connectivity index (χ4n) is 4.09. The summed E-state index contributed by atoms with van der Waals surface area (Å²) in [6, 6.07) is 8.79. The van der Waals surface area contributed by atoms with Crippen LogP contribution in [0.5, 0.6) is 0 Å². The summed E-state index contributed by atoms with van der Waals surface area (Å²) in [5.74, 6) is 1.94. The molecule has 1 aliphatic heterocycles. The average molecular weight is 357 g/mol. The zero-order chi connectivity index (χ0) is 17.4. The van der Waals surface area contributed by atoms with E-state index >= 15 is 0 Å². The highest BCUT2D eigenvalue weighted by Crippen LogP contribution is 2.32. The molecule has 2 aromatic rings. The summed E-state index contributed by atoms with van der Waals surface area (Å²) in [5.41, 5.74) is 3.58. The molecule has 2 heterocycles. The van der Waals surface area contributed by atoms with Crippen LogP contribution in [0.1, 0.15) is 37.9 Å². The molecule has 1 aliphatic carbocycles. The van der Waals surface area contributed by atoms with Crippen LogP contribution in [0.4, 0.5) is 5.82 Å². The van der Waals surface area contributed by atoms with Crippen molar-refractivity contribution in [2.45, 2.75) is 51.6 Å². The van der Waals surface area contributed by atoms with Gasteiger partial charge in [-0.3, -0.25) is 0 Å². The van der Waals surface area contributed by atoms with Gasteiger partial charge in [-0.15, -0.1) is 0 Å². The zero-order valence-electron chi connectivity index (χ0n) is 14.9. The van der Waals surface area contributed by atoms with Gasteiger partial charge in [0.1, 0.15) is 5.82 Å². The quantitative estimate of drug-likeness (QED) is 0.887. The van der Waals surface area contributed by atoms with Gasteiger partial charge in [-0.25, -0.2) is 9.97 Å². The van der Waals surface area contributed by atoms with Gasteiger partial charge in [0.25, 0.3) is 0 Å². The summed E-state index contributed by atoms with van der Waals surface area (Å²) in [4.78, 5) is 12.4. The molecule has 1 N–H and O–H groups in total. The van der Waals surface area contributed by atoms with Gasteiger partial charge in [-0.1, -0.05) is 23.7 Å². The van der Waals surface area contributed by atoms with E-state index in [4.69, 9.17) is 21.6 Å². The lowest BCUT2D eigenvalue weighted by molar-refractivity contribution is 0.404. The molecule has 0 bridgehead atoms. The van der Waals surface area contributed by atoms with Gasteiger partial charge in [-0.2, -0.15) is 0 Å². The highest BCUT2D eigenvalue weighted by molar-refractivity contribution is 6.30. The van der Waals surface area contributed by atoms with E-state index in [0.29, 0.717) is 12.1 Å². The van der Waals surface area contributed by atoms with E-state index < -0.39 is 0 Å². The van der Waals surface area contributed by atoms with E-state index in [1.165, 1.54) is 24.1 Å². The Morgan fingerprint density at radius 1 is 1.08 bits per heavy atom. The topological polar surface area (TPSA) is 41.1 Å². The fraction of sp³-hybridized carbons (Fsp3) is 0.500. The van der Waals surface area contributed by atoms with E-state index in [1.807, 2.05) is 24.3 Å². The Hall–Kier alpha value is -1.65. The van der Waals surface area contributed by atoms with Crippen LogP contribution in [0.15, 0.2) is 24.3 Å². The standard InChI is InChI=1S/C20H25ClN4/c1-13-11-25(12-14(2)22-13)20-17-8-3-4-9-18(17)23-19(24-20)15-6-5-7-16(21)10-15/h5-7,10,13-14,22H,3-4,8-9,11-12H2,1-2H3/t13-,14+. The fourth-order valence-corrected chi connectivity index (χ4v) is 4.28. The lowest BCUT2D eigenvalue weighted by Crippen LogP contribution is -2.54. The largest absolute Gasteiger partial charge is 0.353 e. The van der Waals surface area contributed by atoms with E-state index in [-0.39, 0.29) is 0 Å². The number of hydrogen-bond acceptors (Lipinski definition) is 4. The lowest BCUT2D eigenvalue weighted by Gasteiger charge is -2.38. The third-order valence-corrected chi connectivity index (χ3v) is 5.34. The van der Waals surface area contributed by atoms with Crippen molar-refractivity contribution in [2.75, 3.05) is 18.0 Å². The van der Waals surface area contributed by atoms with Gasteiger partial charge in [0.15, 0.2) is 5.82 Å². The SMILES string of the molecule is C[C@@H]1CN(c2nc(-c3cccc(Cl)c3)nc3c2CCCC3)C[C@H](C)N1. The van der Waals surface area contributed by atoms with Crippen LogP contribution in [0.3, 0.4) is 0 Å². The Morgan fingerprint density at radius 3 is 2.60 bits per heavy atom. The molecule has 1 aromatic carbocycles. The third-order valence-electron chi connectivity index (χ3n) is 5.10. The van der Waals surface area contributed by atoms with Crippen molar-refractivity contribution in [1.82, 2.24) is 15.3 Å². The van der Waals surface area contributed by atoms with Crippen molar-refractivity contribution in [3.63, 3.8) is 0 Å². The minimum absolute atomic E-state index is 0.465. The third kappa shape index (κ3) is 3.51. The maximum Gasteiger partial charge on any atom is 0.161 e. The number of hydrogen-bond donors (Lipinski definition) is 1. The van der Waals surface area contributed by atoms with Crippen LogP contribution in [0.25, 0.3) is 11.4 Å². The minimum atomic E-state index is 0.465. The summed E-state index contributed by atoms with van der Waals surface area (Å²) in [6.07, 6.45) is 4.59. The number of benzene rings is 1. The minimum Gasteiger partial charge on any atom is -0.353 e. The summed E-state index contributed by atoms with van der Waals surface area (Å²) < 4.78 is 0. The summed E-state index contributed by atoms with van der Waals surface area (Å²) in [7, 11) is 0. The maximum absolute atomic E-state index is 6.19. The first-order valence-electron chi connectivity index (χ1n) is 9.27. The van der Waals surface area contributed by atoms with Crippen LogP contribution >= 0.6 is 11.6 Å². The molecule has 2 atom stereocenters. The molecule has 0 unspecified atom stereocenters. The molecule has 0 radical (unpaired) electrons. The Balaban J connectivity index is 1.80. The number of fused-ring (bicyclic) bond motifs is 1. The average Bonchev–Trinajstić information content (AvgIpc) is 2.60. The number of halogens is 1. The molecule has 132 valence electrons. The van der Waals surface area contributed by atoms with Crippen molar-refractivity contribution in [1.29, 1.82) is 0 Å². The Labute approximate surface area is 154 Å². The summed E-state index contributed by atoms with van der Waals surface area (Å²) >= 11 is 6.19. The maximum atomic E-state index is 6.19. The van der Waals surface area contributed by atoms with Crippen molar-refractivity contribution < 1.29 is 0 Å². The number of aryl methyl sites for hydroxylation is 1. The van der Waals surface area contributed by atoms with E-state index in [2.05, 4.69) is 24.1 Å². The second kappa shape index (κ2) is 6.93. The second-order valence-electron chi connectivity index (χ2n) is 7.39. The molecule has 0 amide bonds. The Morgan fingerprint density at radius 2 is 1.84 bits per heavy atom. The number of piperazine rings is 1. The lowest BCUT2D eigenvalue weighted by atomic mass is 9.95. The van der Waals surface area contributed by atoms with Crippen molar-refractivity contribution >= 4 is 17.4 Å². The van der Waals surface area contributed by atoms with Gasteiger partial charge >= 0.3 is 0 Å². The molecule has 1 saturated heterocycles. The Bertz CT molecular complexity index is 766. The highest BCUT2D eigenvalue weighted by Gasteiger charge is 2.27. The highest BCUT2D eigenvalue weighted by atomic mass is 35.5. The van der Waals surface area contributed by atoms with Crippen molar-refractivity contribution in [3.8, 4) is 11.4 Å². The van der Waals surface area contributed by atoms with Crippen LogP contribution < -0.4 is 10.2 Å². The molecule has 1 fully saturated rings. The number of aromatic nitrogens is 2. The molecule has 2 aliphatic rings. The first-order chi connectivity index (χ1) is 12.1. The molecule has 4 rings (SSSR count). The van der Waals surface area contributed by atoms with Crippen LogP contribution in [0.2, 0.25) is 5.02 Å². The molecule has 1 aromatic heterocycles. The zero-order valence-corrected chi connectivity index (χ0v) is 15.7. The number of anilines is 1. The second-order valence-corrected chi connectivity index (χ2v) is 7.82. The molecular weight excluding hydrogens is 332 g/mol. The van der Waals surface area contributed by atoms with Gasteiger partial charge in [-0.05, 0) is 51.7 Å². The number of nitrogens with zero attached hydrogens (tertiary/aromatic N) is 3. The van der Waals surface area contributed by atoms with E-state index in [9.17, 15) is 0 Å². The van der Waals surface area contributed by atoms with Crippen molar-refractivity contribution in [3.05, 3.63) is 40.5 Å². The molecule has 0 spiro atoms.